The van der Waals surface area contributed by atoms with Crippen LogP contribution < -0.4 is 0 Å². The van der Waals surface area contributed by atoms with Crippen LogP contribution in [0.4, 0.5) is 0 Å². The van der Waals surface area contributed by atoms with Gasteiger partial charge in [0.15, 0.2) is 0 Å². The van der Waals surface area contributed by atoms with E-state index in [1.807, 2.05) is 0 Å². The summed E-state index contributed by atoms with van der Waals surface area (Å²) in [6, 6.07) is 0.528. The number of carboxylic acids is 1. The molecule has 0 spiro atoms. The average Bonchev–Trinajstić information content (AvgIpc) is 2.05. The molecule has 2 rings (SSSR count). The van der Waals surface area contributed by atoms with Crippen LogP contribution >= 0.6 is 0 Å². The highest BCUT2D eigenvalue weighted by Crippen LogP contribution is 2.33. The second-order valence-electron chi connectivity index (χ2n) is 4.46. The molecule has 3 heteroatoms. The molecule has 78 valence electrons. The number of hydrogen-bond donors (Lipinski definition) is 1. The minimum Gasteiger partial charge on any atom is -0.481 e. The highest BCUT2D eigenvalue weighted by atomic mass is 16.4. The first-order valence-corrected chi connectivity index (χ1v) is 5.29. The van der Waals surface area contributed by atoms with Crippen molar-refractivity contribution in [3.8, 4) is 0 Å². The molecule has 0 amide bonds. The molecule has 0 radical (unpaired) electrons. The molecule has 14 heavy (non-hydrogen) atoms. The molecule has 1 N–H and O–H groups in total. The molecule has 0 bridgehead atoms. The molecule has 0 atom stereocenters. The maximum Gasteiger partial charge on any atom is 0.306 e. The van der Waals surface area contributed by atoms with Crippen LogP contribution in [0.15, 0.2) is 11.6 Å². The SMILES string of the molecule is CC1=CCN(C2CC(C(=O)O)C2)CC1. The Bertz CT molecular complexity index is 266. The van der Waals surface area contributed by atoms with Crippen LogP contribution in [0.25, 0.3) is 0 Å². The first-order chi connectivity index (χ1) is 6.66. The minimum atomic E-state index is -0.620. The number of rotatable bonds is 2. The summed E-state index contributed by atoms with van der Waals surface area (Å²) in [7, 11) is 0. The maximum atomic E-state index is 10.6. The van der Waals surface area contributed by atoms with Crippen molar-refractivity contribution >= 4 is 5.97 Å². The zero-order valence-electron chi connectivity index (χ0n) is 8.57. The van der Waals surface area contributed by atoms with Crippen molar-refractivity contribution in [3.05, 3.63) is 11.6 Å². The molecule has 2 aliphatic rings. The Balaban J connectivity index is 1.80. The van der Waals surface area contributed by atoms with E-state index in [4.69, 9.17) is 5.11 Å². The number of hydrogen-bond acceptors (Lipinski definition) is 2. The van der Waals surface area contributed by atoms with E-state index < -0.39 is 5.97 Å². The van der Waals surface area contributed by atoms with E-state index >= 15 is 0 Å². The van der Waals surface area contributed by atoms with Gasteiger partial charge in [0.2, 0.25) is 0 Å². The lowest BCUT2D eigenvalue weighted by Gasteiger charge is -2.42. The Morgan fingerprint density at radius 2 is 2.29 bits per heavy atom. The summed E-state index contributed by atoms with van der Waals surface area (Å²) in [6.07, 6.45) is 5.11. The molecule has 1 heterocycles. The Hall–Kier alpha value is -0.830. The predicted molar refractivity (Wildman–Crippen MR) is 54.1 cm³/mol. The number of nitrogens with zero attached hydrogens (tertiary/aromatic N) is 1. The molecule has 0 aromatic heterocycles. The lowest BCUT2D eigenvalue weighted by molar-refractivity contribution is -0.147. The molecule has 1 aliphatic heterocycles. The third-order valence-electron chi connectivity index (χ3n) is 3.45. The molecular formula is C11H17NO2. The highest BCUT2D eigenvalue weighted by Gasteiger charge is 2.37. The van der Waals surface area contributed by atoms with E-state index in [1.165, 1.54) is 5.57 Å². The van der Waals surface area contributed by atoms with Crippen molar-refractivity contribution in [3.63, 3.8) is 0 Å². The van der Waals surface area contributed by atoms with Crippen molar-refractivity contribution in [1.82, 2.24) is 4.90 Å². The van der Waals surface area contributed by atoms with Gasteiger partial charge in [-0.15, -0.1) is 0 Å². The molecule has 0 unspecified atom stereocenters. The molecule has 0 aromatic carbocycles. The molecule has 3 nitrogen and oxygen atoms in total. The third-order valence-corrected chi connectivity index (χ3v) is 3.45. The summed E-state index contributed by atoms with van der Waals surface area (Å²) in [4.78, 5) is 13.0. The summed E-state index contributed by atoms with van der Waals surface area (Å²) in [6.45, 7) is 4.29. The van der Waals surface area contributed by atoms with Crippen LogP contribution in [0.2, 0.25) is 0 Å². The van der Waals surface area contributed by atoms with Gasteiger partial charge in [0.1, 0.15) is 0 Å². The summed E-state index contributed by atoms with van der Waals surface area (Å²) < 4.78 is 0. The van der Waals surface area contributed by atoms with Crippen LogP contribution in [-0.2, 0) is 4.79 Å². The van der Waals surface area contributed by atoms with Gasteiger partial charge in [0.05, 0.1) is 5.92 Å². The van der Waals surface area contributed by atoms with Crippen molar-refractivity contribution in [2.24, 2.45) is 5.92 Å². The number of aliphatic carboxylic acids is 1. The zero-order valence-corrected chi connectivity index (χ0v) is 8.57. The van der Waals surface area contributed by atoms with Crippen LogP contribution in [-0.4, -0.2) is 35.1 Å². The summed E-state index contributed by atoms with van der Waals surface area (Å²) in [5.74, 6) is -0.697. The first-order valence-electron chi connectivity index (χ1n) is 5.29. The van der Waals surface area contributed by atoms with Crippen LogP contribution in [0.1, 0.15) is 26.2 Å². The van der Waals surface area contributed by atoms with Crippen molar-refractivity contribution in [2.45, 2.75) is 32.2 Å². The van der Waals surface area contributed by atoms with Gasteiger partial charge in [0, 0.05) is 19.1 Å². The van der Waals surface area contributed by atoms with Gasteiger partial charge >= 0.3 is 5.97 Å². The maximum absolute atomic E-state index is 10.6. The van der Waals surface area contributed by atoms with Crippen LogP contribution in [0, 0.1) is 5.92 Å². The smallest absolute Gasteiger partial charge is 0.306 e. The molecule has 0 saturated heterocycles. The van der Waals surface area contributed by atoms with Crippen molar-refractivity contribution in [1.29, 1.82) is 0 Å². The fourth-order valence-corrected chi connectivity index (χ4v) is 2.21. The second kappa shape index (κ2) is 3.73. The molecule has 1 aliphatic carbocycles. The van der Waals surface area contributed by atoms with E-state index in [0.29, 0.717) is 6.04 Å². The fraction of sp³-hybridized carbons (Fsp3) is 0.727. The topological polar surface area (TPSA) is 40.5 Å². The summed E-state index contributed by atoms with van der Waals surface area (Å²) in [5.41, 5.74) is 1.47. The Kier molecular flexibility index (Phi) is 2.59. The zero-order chi connectivity index (χ0) is 10.1. The monoisotopic (exact) mass is 195 g/mol. The average molecular weight is 195 g/mol. The normalized spacial score (nSPS) is 33.4. The molecule has 1 saturated carbocycles. The lowest BCUT2D eigenvalue weighted by Crippen LogP contribution is -2.48. The van der Waals surface area contributed by atoms with Crippen molar-refractivity contribution in [2.75, 3.05) is 13.1 Å². The largest absolute Gasteiger partial charge is 0.481 e. The van der Waals surface area contributed by atoms with Gasteiger partial charge in [-0.1, -0.05) is 11.6 Å². The standard InChI is InChI=1S/C11H17NO2/c1-8-2-4-12(5-3-8)10-6-9(7-10)11(13)14/h2,9-10H,3-7H2,1H3,(H,13,14). The van der Waals surface area contributed by atoms with E-state index in [1.54, 1.807) is 0 Å². The minimum absolute atomic E-state index is 0.0768. The van der Waals surface area contributed by atoms with Gasteiger partial charge in [-0.3, -0.25) is 9.69 Å². The molecule has 1 fully saturated rings. The fourth-order valence-electron chi connectivity index (χ4n) is 2.21. The molecular weight excluding hydrogens is 178 g/mol. The van der Waals surface area contributed by atoms with Gasteiger partial charge in [0.25, 0.3) is 0 Å². The summed E-state index contributed by atoms with van der Waals surface area (Å²) in [5, 5.41) is 8.76. The lowest BCUT2D eigenvalue weighted by atomic mass is 9.79. The number of carboxylic acid groups (broad SMARTS) is 1. The van der Waals surface area contributed by atoms with Gasteiger partial charge < -0.3 is 5.11 Å². The van der Waals surface area contributed by atoms with Crippen LogP contribution in [0.3, 0.4) is 0 Å². The van der Waals surface area contributed by atoms with E-state index in [9.17, 15) is 4.79 Å². The highest BCUT2D eigenvalue weighted by molar-refractivity contribution is 5.71. The van der Waals surface area contributed by atoms with E-state index in [-0.39, 0.29) is 5.92 Å². The first kappa shape index (κ1) is 9.71. The van der Waals surface area contributed by atoms with Gasteiger partial charge in [-0.05, 0) is 26.2 Å². The molecule has 0 aromatic rings. The number of carbonyl (C=O) groups is 1. The Labute approximate surface area is 84.4 Å². The van der Waals surface area contributed by atoms with E-state index in [2.05, 4.69) is 17.9 Å². The Morgan fingerprint density at radius 3 is 2.79 bits per heavy atom. The van der Waals surface area contributed by atoms with Crippen molar-refractivity contribution < 1.29 is 9.90 Å². The van der Waals surface area contributed by atoms with E-state index in [0.717, 1.165) is 32.4 Å². The predicted octanol–water partition coefficient (Wildman–Crippen LogP) is 1.50. The van der Waals surface area contributed by atoms with Crippen LogP contribution in [0.5, 0.6) is 0 Å². The Morgan fingerprint density at radius 1 is 1.57 bits per heavy atom. The quantitative estimate of drug-likeness (QED) is 0.679. The van der Waals surface area contributed by atoms with Gasteiger partial charge in [-0.25, -0.2) is 0 Å². The van der Waals surface area contributed by atoms with Gasteiger partial charge in [-0.2, -0.15) is 0 Å². The third kappa shape index (κ3) is 1.82. The second-order valence-corrected chi connectivity index (χ2v) is 4.46. The summed E-state index contributed by atoms with van der Waals surface area (Å²) >= 11 is 0.